The van der Waals surface area contributed by atoms with Gasteiger partial charge in [-0.1, -0.05) is 6.07 Å². The van der Waals surface area contributed by atoms with E-state index in [4.69, 9.17) is 10.2 Å². The van der Waals surface area contributed by atoms with Gasteiger partial charge in [-0.15, -0.1) is 0 Å². The molecule has 4 heteroatoms. The predicted octanol–water partition coefficient (Wildman–Crippen LogP) is 3.98. The van der Waals surface area contributed by atoms with Gasteiger partial charge in [0.25, 0.3) is 5.91 Å². The lowest BCUT2D eigenvalue weighted by molar-refractivity contribution is 0.0766. The number of hydrogen-bond donors (Lipinski definition) is 1. The van der Waals surface area contributed by atoms with E-state index in [1.165, 1.54) is 16.7 Å². The lowest BCUT2D eigenvalue weighted by atomic mass is 9.91. The molecule has 2 N–H and O–H groups in total. The van der Waals surface area contributed by atoms with Crippen LogP contribution in [0.5, 0.6) is 0 Å². The molecule has 4 nitrogen and oxygen atoms in total. The SMILES string of the molecule is Cc1cc2c(cc1C)C(=O)N(CCC(C)(N)CCCc1ccoc1)C2. The van der Waals surface area contributed by atoms with Crippen LogP contribution in [0, 0.1) is 13.8 Å². The first-order valence-electron chi connectivity index (χ1n) is 9.05. The van der Waals surface area contributed by atoms with E-state index in [1.54, 1.807) is 12.5 Å². The number of rotatable bonds is 7. The van der Waals surface area contributed by atoms with E-state index in [-0.39, 0.29) is 11.4 Å². The number of nitrogens with zero attached hydrogens (tertiary/aromatic N) is 1. The van der Waals surface area contributed by atoms with Crippen molar-refractivity contribution in [1.29, 1.82) is 0 Å². The summed E-state index contributed by atoms with van der Waals surface area (Å²) >= 11 is 0. The van der Waals surface area contributed by atoms with E-state index in [0.29, 0.717) is 13.1 Å². The molecule has 3 rings (SSSR count). The Balaban J connectivity index is 1.52. The molecule has 0 radical (unpaired) electrons. The van der Waals surface area contributed by atoms with Crippen LogP contribution in [0.15, 0.2) is 35.1 Å². The lowest BCUT2D eigenvalue weighted by Gasteiger charge is -2.27. The average Bonchev–Trinajstić information content (AvgIpc) is 3.16. The maximum Gasteiger partial charge on any atom is 0.254 e. The zero-order valence-corrected chi connectivity index (χ0v) is 15.5. The van der Waals surface area contributed by atoms with Gasteiger partial charge in [-0.25, -0.2) is 0 Å². The fraction of sp³-hybridized carbons (Fsp3) is 0.476. The fourth-order valence-electron chi connectivity index (χ4n) is 3.48. The van der Waals surface area contributed by atoms with E-state index in [9.17, 15) is 4.79 Å². The van der Waals surface area contributed by atoms with Gasteiger partial charge in [-0.05, 0) is 80.8 Å². The maximum absolute atomic E-state index is 12.6. The minimum Gasteiger partial charge on any atom is -0.472 e. The number of benzene rings is 1. The van der Waals surface area contributed by atoms with Crippen molar-refractivity contribution in [1.82, 2.24) is 4.90 Å². The smallest absolute Gasteiger partial charge is 0.254 e. The summed E-state index contributed by atoms with van der Waals surface area (Å²) in [5.41, 5.74) is 11.9. The molecular formula is C21H28N2O2. The topological polar surface area (TPSA) is 59.5 Å². The molecule has 1 aliphatic heterocycles. The van der Waals surface area contributed by atoms with Crippen LogP contribution in [0.1, 0.15) is 58.8 Å². The summed E-state index contributed by atoms with van der Waals surface area (Å²) in [6, 6.07) is 6.17. The minimum absolute atomic E-state index is 0.146. The largest absolute Gasteiger partial charge is 0.472 e. The van der Waals surface area contributed by atoms with Crippen LogP contribution in [-0.2, 0) is 13.0 Å². The van der Waals surface area contributed by atoms with Crippen LogP contribution in [0.25, 0.3) is 0 Å². The Morgan fingerprint density at radius 3 is 2.72 bits per heavy atom. The zero-order chi connectivity index (χ0) is 18.0. The van der Waals surface area contributed by atoms with Gasteiger partial charge < -0.3 is 15.1 Å². The molecule has 0 bridgehead atoms. The second-order valence-electron chi connectivity index (χ2n) is 7.71. The molecule has 1 aliphatic rings. The predicted molar refractivity (Wildman–Crippen MR) is 99.5 cm³/mol. The maximum atomic E-state index is 12.6. The Morgan fingerprint density at radius 1 is 1.24 bits per heavy atom. The third kappa shape index (κ3) is 4.13. The van der Waals surface area contributed by atoms with E-state index in [2.05, 4.69) is 26.8 Å². The molecule has 134 valence electrons. The third-order valence-corrected chi connectivity index (χ3v) is 5.34. The molecule has 0 saturated heterocycles. The van der Waals surface area contributed by atoms with Crippen molar-refractivity contribution in [3.05, 3.63) is 58.5 Å². The number of carbonyl (C=O) groups is 1. The summed E-state index contributed by atoms with van der Waals surface area (Å²) in [5.74, 6) is 0.146. The summed E-state index contributed by atoms with van der Waals surface area (Å²) in [5, 5.41) is 0. The van der Waals surface area contributed by atoms with Gasteiger partial charge in [0, 0.05) is 24.2 Å². The van der Waals surface area contributed by atoms with Gasteiger partial charge in [0.15, 0.2) is 0 Å². The van der Waals surface area contributed by atoms with Crippen molar-refractivity contribution < 1.29 is 9.21 Å². The van der Waals surface area contributed by atoms with Gasteiger partial charge in [0.2, 0.25) is 0 Å². The highest BCUT2D eigenvalue weighted by molar-refractivity contribution is 5.98. The van der Waals surface area contributed by atoms with Crippen LogP contribution >= 0.6 is 0 Å². The Bertz CT molecular complexity index is 748. The van der Waals surface area contributed by atoms with Gasteiger partial charge in [0.1, 0.15) is 0 Å². The number of aryl methyl sites for hydroxylation is 3. The molecular weight excluding hydrogens is 312 g/mol. The second-order valence-corrected chi connectivity index (χ2v) is 7.71. The van der Waals surface area contributed by atoms with E-state index in [1.807, 2.05) is 17.0 Å². The van der Waals surface area contributed by atoms with Crippen LogP contribution < -0.4 is 5.73 Å². The van der Waals surface area contributed by atoms with Crippen LogP contribution in [0.4, 0.5) is 0 Å². The van der Waals surface area contributed by atoms with Crippen molar-refractivity contribution in [2.75, 3.05) is 6.54 Å². The lowest BCUT2D eigenvalue weighted by Crippen LogP contribution is -2.40. The molecule has 0 spiro atoms. The first-order chi connectivity index (χ1) is 11.9. The van der Waals surface area contributed by atoms with Crippen LogP contribution in [0.2, 0.25) is 0 Å². The van der Waals surface area contributed by atoms with Gasteiger partial charge in [-0.3, -0.25) is 4.79 Å². The Labute approximate surface area is 150 Å². The van der Waals surface area contributed by atoms with Crippen molar-refractivity contribution in [2.24, 2.45) is 5.73 Å². The van der Waals surface area contributed by atoms with E-state index < -0.39 is 0 Å². The molecule has 1 atom stereocenters. The third-order valence-electron chi connectivity index (χ3n) is 5.34. The van der Waals surface area contributed by atoms with Crippen molar-refractivity contribution >= 4 is 5.91 Å². The minimum atomic E-state index is -0.259. The summed E-state index contributed by atoms with van der Waals surface area (Å²) in [7, 11) is 0. The highest BCUT2D eigenvalue weighted by atomic mass is 16.3. The molecule has 0 fully saturated rings. The number of fused-ring (bicyclic) bond motifs is 1. The fourth-order valence-corrected chi connectivity index (χ4v) is 3.48. The number of amides is 1. The van der Waals surface area contributed by atoms with E-state index in [0.717, 1.165) is 36.8 Å². The number of furan rings is 1. The molecule has 0 aliphatic carbocycles. The van der Waals surface area contributed by atoms with E-state index >= 15 is 0 Å². The molecule has 1 unspecified atom stereocenters. The quantitative estimate of drug-likeness (QED) is 0.829. The Hall–Kier alpha value is -2.07. The summed E-state index contributed by atoms with van der Waals surface area (Å²) in [6.45, 7) is 7.66. The van der Waals surface area contributed by atoms with Gasteiger partial charge in [0.05, 0.1) is 12.5 Å². The molecule has 2 heterocycles. The average molecular weight is 340 g/mol. The van der Waals surface area contributed by atoms with Gasteiger partial charge in [-0.2, -0.15) is 0 Å². The normalized spacial score (nSPS) is 16.2. The number of nitrogens with two attached hydrogens (primary N) is 1. The highest BCUT2D eigenvalue weighted by Gasteiger charge is 2.29. The Kier molecular flexibility index (Phi) is 5.00. The molecule has 1 amide bonds. The summed E-state index contributed by atoms with van der Waals surface area (Å²) < 4.78 is 5.10. The molecule has 1 aromatic heterocycles. The monoisotopic (exact) mass is 340 g/mol. The molecule has 25 heavy (non-hydrogen) atoms. The molecule has 2 aromatic rings. The molecule has 0 saturated carbocycles. The van der Waals surface area contributed by atoms with Gasteiger partial charge >= 0.3 is 0 Å². The summed E-state index contributed by atoms with van der Waals surface area (Å²) in [6.07, 6.45) is 7.26. The van der Waals surface area contributed by atoms with Crippen molar-refractivity contribution in [3.63, 3.8) is 0 Å². The first-order valence-corrected chi connectivity index (χ1v) is 9.05. The highest BCUT2D eigenvalue weighted by Crippen LogP contribution is 2.27. The Morgan fingerprint density at radius 2 is 2.00 bits per heavy atom. The number of hydrogen-bond acceptors (Lipinski definition) is 3. The zero-order valence-electron chi connectivity index (χ0n) is 15.5. The first kappa shape index (κ1) is 17.7. The van der Waals surface area contributed by atoms with Crippen molar-refractivity contribution in [3.8, 4) is 0 Å². The second kappa shape index (κ2) is 7.04. The summed E-state index contributed by atoms with van der Waals surface area (Å²) in [4.78, 5) is 14.6. The van der Waals surface area contributed by atoms with Crippen LogP contribution in [0.3, 0.4) is 0 Å². The van der Waals surface area contributed by atoms with Crippen molar-refractivity contribution in [2.45, 2.75) is 58.5 Å². The van der Waals surface area contributed by atoms with Crippen LogP contribution in [-0.4, -0.2) is 22.9 Å². The standard InChI is InChI=1S/C21H28N2O2/c1-15-11-18-13-23(20(24)19(18)12-16(15)2)9-8-21(3,22)7-4-5-17-6-10-25-14-17/h6,10-12,14H,4-5,7-9,13,22H2,1-3H3. The number of carbonyl (C=O) groups excluding carboxylic acids is 1. The molecule has 1 aromatic carbocycles.